The predicted molar refractivity (Wildman–Crippen MR) is 175 cm³/mol. The molecule has 0 aromatic rings. The van der Waals surface area contributed by atoms with Gasteiger partial charge in [-0.05, 0) is 77.0 Å². The van der Waals surface area contributed by atoms with Gasteiger partial charge in [-0.25, -0.2) is 0 Å². The Morgan fingerprint density at radius 1 is 0.390 bits per heavy atom. The molecule has 0 heterocycles. The number of carbonyl (C=O) groups is 2. The van der Waals surface area contributed by atoms with Gasteiger partial charge in [0, 0.05) is 11.9 Å². The first-order valence-corrected chi connectivity index (χ1v) is 17.2. The van der Waals surface area contributed by atoms with Crippen LogP contribution in [0.15, 0.2) is 24.3 Å². The van der Waals surface area contributed by atoms with E-state index in [0.717, 1.165) is 38.5 Å². The number of rotatable bonds is 30. The zero-order chi connectivity index (χ0) is 29.8. The fraction of sp³-hybridized carbons (Fsp3) is 0.833. The van der Waals surface area contributed by atoms with Gasteiger partial charge in [0.05, 0.1) is 0 Å². The van der Waals surface area contributed by atoms with Gasteiger partial charge in [-0.2, -0.15) is 0 Å². The number of hydrogen-bond acceptors (Lipinski definition) is 4. The predicted octanol–water partition coefficient (Wildman–Crippen LogP) is 9.17. The third kappa shape index (κ3) is 49.3. The van der Waals surface area contributed by atoms with E-state index >= 15 is 0 Å². The van der Waals surface area contributed by atoms with Crippen molar-refractivity contribution in [3.63, 3.8) is 0 Å². The number of carbonyl (C=O) groups excluding carboxylic acids is 2. The number of unbranched alkanes of at least 4 members (excludes halogenated alkanes) is 22. The van der Waals surface area contributed by atoms with E-state index in [9.17, 15) is 19.8 Å². The summed E-state index contributed by atoms with van der Waals surface area (Å²) in [7, 11) is 0. The van der Waals surface area contributed by atoms with E-state index < -0.39 is 11.9 Å². The summed E-state index contributed by atoms with van der Waals surface area (Å²) < 4.78 is 0. The maximum Gasteiger partial charge on any atom is 2.00 e. The molecule has 4 nitrogen and oxygen atoms in total. The van der Waals surface area contributed by atoms with Crippen molar-refractivity contribution in [3.8, 4) is 0 Å². The van der Waals surface area contributed by atoms with Crippen molar-refractivity contribution in [1.82, 2.24) is 0 Å². The van der Waals surface area contributed by atoms with Crippen LogP contribution in [0.2, 0.25) is 0 Å². The molecular weight excluding hydrogens is 704 g/mol. The maximum atomic E-state index is 10.2. The molecule has 5 heteroatoms. The molecule has 2 radical (unpaired) electrons. The molecule has 0 rings (SSSR count). The van der Waals surface area contributed by atoms with Crippen molar-refractivity contribution in [2.45, 2.75) is 194 Å². The molecule has 0 N–H and O–H groups in total. The summed E-state index contributed by atoms with van der Waals surface area (Å²) in [4.78, 5) is 20.4. The monoisotopic (exact) mass is 770 g/mol. The molecule has 0 saturated carbocycles. The zero-order valence-corrected chi connectivity index (χ0v) is 31.1. The van der Waals surface area contributed by atoms with Gasteiger partial charge < -0.3 is 19.8 Å². The van der Waals surface area contributed by atoms with Crippen LogP contribution in [-0.4, -0.2) is 39.2 Å². The van der Waals surface area contributed by atoms with Crippen LogP contribution < -0.4 is 10.2 Å². The molecule has 0 spiro atoms. The minimum absolute atomic E-state index is 0. The van der Waals surface area contributed by atoms with E-state index in [1.54, 1.807) is 0 Å². The summed E-state index contributed by atoms with van der Waals surface area (Å²) in [6.07, 6.45) is 41.8. The van der Waals surface area contributed by atoms with Crippen LogP contribution >= 0.6 is 0 Å². The molecule has 0 fully saturated rings. The molecule has 0 bridgehead atoms. The van der Waals surface area contributed by atoms with Gasteiger partial charge in [0.1, 0.15) is 0 Å². The fourth-order valence-electron chi connectivity index (χ4n) is 4.68. The minimum Gasteiger partial charge on any atom is -0.550 e. The Balaban J connectivity index is -0.000000688. The van der Waals surface area contributed by atoms with E-state index in [1.165, 1.54) is 128 Å². The Labute approximate surface area is 275 Å². The van der Waals surface area contributed by atoms with Gasteiger partial charge in [0.25, 0.3) is 0 Å². The SMILES string of the molecule is CCCCCCCC/C=C/CCCCCCCC(=O)[O-].CCCCCCCC/C=C/CCCCCCCC(=O)[O-].[Pb+2]. The van der Waals surface area contributed by atoms with E-state index in [-0.39, 0.29) is 40.1 Å². The van der Waals surface area contributed by atoms with Crippen molar-refractivity contribution in [2.24, 2.45) is 0 Å². The number of carboxylic acid groups (broad SMARTS) is 2. The molecule has 41 heavy (non-hydrogen) atoms. The molecule has 0 atom stereocenters. The molecule has 0 aromatic heterocycles. The molecule has 0 aliphatic carbocycles. The quantitative estimate of drug-likeness (QED) is 0.0415. The van der Waals surface area contributed by atoms with Gasteiger partial charge in [0.2, 0.25) is 0 Å². The number of allylic oxidation sites excluding steroid dienone is 4. The minimum atomic E-state index is -0.914. The van der Waals surface area contributed by atoms with Crippen LogP contribution in [0.3, 0.4) is 0 Å². The van der Waals surface area contributed by atoms with Crippen LogP contribution in [0.4, 0.5) is 0 Å². The first-order valence-electron chi connectivity index (χ1n) is 17.2. The average Bonchev–Trinajstić information content (AvgIpc) is 2.93. The molecule has 0 aromatic carbocycles. The Morgan fingerprint density at radius 3 is 0.854 bits per heavy atom. The van der Waals surface area contributed by atoms with Gasteiger partial charge >= 0.3 is 27.3 Å². The van der Waals surface area contributed by atoms with Crippen LogP contribution in [0.25, 0.3) is 0 Å². The van der Waals surface area contributed by atoms with Gasteiger partial charge in [-0.1, -0.05) is 141 Å². The standard InChI is InChI=1S/2C18H34O2.Pb/c2*1-2-3-4-5-6-7-8-9-10-11-12-13-14-15-16-17-18(19)20;/h2*9-10H,2-8,11-17H2,1H3,(H,19,20);/q;;+2/p-2/b2*10-9+;. The van der Waals surface area contributed by atoms with Crippen LogP contribution in [-0.2, 0) is 9.59 Å². The van der Waals surface area contributed by atoms with Gasteiger partial charge in [-0.3, -0.25) is 0 Å². The van der Waals surface area contributed by atoms with Crippen molar-refractivity contribution < 1.29 is 19.8 Å². The second-order valence-corrected chi connectivity index (χ2v) is 11.4. The summed E-state index contributed by atoms with van der Waals surface area (Å²) in [5.74, 6) is -1.83. The van der Waals surface area contributed by atoms with E-state index in [2.05, 4.69) is 38.2 Å². The number of carboxylic acids is 2. The molecule has 238 valence electrons. The second kappa shape index (κ2) is 41.5. The first kappa shape index (κ1) is 44.8. The van der Waals surface area contributed by atoms with Crippen molar-refractivity contribution >= 4 is 39.2 Å². The smallest absolute Gasteiger partial charge is 0.550 e. The molecule has 0 saturated heterocycles. The molecule has 0 aliphatic heterocycles. The van der Waals surface area contributed by atoms with Crippen LogP contribution in [0.5, 0.6) is 0 Å². The molecule has 0 aliphatic rings. The van der Waals surface area contributed by atoms with Crippen molar-refractivity contribution in [1.29, 1.82) is 0 Å². The van der Waals surface area contributed by atoms with Gasteiger partial charge in [0.15, 0.2) is 0 Å². The third-order valence-corrected chi connectivity index (χ3v) is 7.29. The summed E-state index contributed by atoms with van der Waals surface area (Å²) in [5.41, 5.74) is 0. The fourth-order valence-corrected chi connectivity index (χ4v) is 4.68. The van der Waals surface area contributed by atoms with Crippen molar-refractivity contribution in [3.05, 3.63) is 24.3 Å². The third-order valence-electron chi connectivity index (χ3n) is 7.29. The molecule has 0 unspecified atom stereocenters. The second-order valence-electron chi connectivity index (χ2n) is 11.4. The summed E-state index contributed by atoms with van der Waals surface area (Å²) in [6, 6.07) is 0. The first-order chi connectivity index (χ1) is 19.5. The largest absolute Gasteiger partial charge is 2.00 e. The van der Waals surface area contributed by atoms with E-state index in [4.69, 9.17) is 0 Å². The summed E-state index contributed by atoms with van der Waals surface area (Å²) in [5, 5.41) is 20.4. The van der Waals surface area contributed by atoms with Crippen LogP contribution in [0, 0.1) is 0 Å². The van der Waals surface area contributed by atoms with Crippen LogP contribution in [0.1, 0.15) is 194 Å². The average molecular weight is 770 g/mol. The maximum absolute atomic E-state index is 10.2. The normalized spacial score (nSPS) is 11.0. The van der Waals surface area contributed by atoms with E-state index in [0.29, 0.717) is 0 Å². The number of aliphatic carboxylic acids is 2. The summed E-state index contributed by atoms with van der Waals surface area (Å²) >= 11 is 0. The Bertz CT molecular complexity index is 524. The van der Waals surface area contributed by atoms with E-state index in [1.807, 2.05) is 0 Å². The zero-order valence-electron chi connectivity index (χ0n) is 27.2. The van der Waals surface area contributed by atoms with Gasteiger partial charge in [-0.15, -0.1) is 0 Å². The number of hydrogen-bond donors (Lipinski definition) is 0. The Hall–Kier alpha value is -0.658. The topological polar surface area (TPSA) is 80.3 Å². The Morgan fingerprint density at radius 2 is 0.610 bits per heavy atom. The molecule has 0 amide bonds. The Kier molecular flexibility index (Phi) is 45.3. The molecular formula is C36H66O4Pb. The van der Waals surface area contributed by atoms with Crippen molar-refractivity contribution in [2.75, 3.05) is 0 Å². The summed E-state index contributed by atoms with van der Waals surface area (Å²) in [6.45, 7) is 4.51.